The average molecular weight is 167 g/mol. The van der Waals surface area contributed by atoms with Gasteiger partial charge in [0.2, 0.25) is 11.8 Å². The number of aryl methyl sites for hydroxylation is 1. The second-order valence-corrected chi connectivity index (χ2v) is 2.41. The number of methoxy groups -OCH3 is 1. The van der Waals surface area contributed by atoms with E-state index in [9.17, 15) is 0 Å². The quantitative estimate of drug-likeness (QED) is 0.735. The van der Waals surface area contributed by atoms with Gasteiger partial charge in [-0.05, 0) is 13.8 Å². The van der Waals surface area contributed by atoms with Crippen molar-refractivity contribution in [1.82, 2.24) is 9.97 Å². The normalized spacial score (nSPS) is 9.58. The summed E-state index contributed by atoms with van der Waals surface area (Å²) < 4.78 is 4.99. The fraction of sp³-hybridized carbons (Fsp3) is 0.500. The molecular formula is C8H13N3O. The molecule has 0 fully saturated rings. The molecule has 0 spiro atoms. The van der Waals surface area contributed by atoms with Gasteiger partial charge in [-0.1, -0.05) is 0 Å². The Balaban J connectivity index is 2.90. The molecule has 0 aliphatic rings. The van der Waals surface area contributed by atoms with Crippen LogP contribution in [0.4, 0.5) is 5.95 Å². The van der Waals surface area contributed by atoms with Gasteiger partial charge in [0, 0.05) is 18.3 Å². The number of nitrogens with one attached hydrogen (secondary N) is 1. The van der Waals surface area contributed by atoms with Gasteiger partial charge in [0.15, 0.2) is 0 Å². The van der Waals surface area contributed by atoms with Crippen LogP contribution in [-0.4, -0.2) is 23.6 Å². The van der Waals surface area contributed by atoms with Gasteiger partial charge in [-0.3, -0.25) is 0 Å². The fourth-order valence-corrected chi connectivity index (χ4v) is 0.881. The third kappa shape index (κ3) is 2.08. The number of aromatic nitrogens is 2. The molecule has 4 nitrogen and oxygen atoms in total. The molecule has 1 N–H and O–H groups in total. The Bertz CT molecular complexity index is 262. The van der Waals surface area contributed by atoms with Gasteiger partial charge in [0.25, 0.3) is 0 Å². The Labute approximate surface area is 72.0 Å². The molecule has 0 radical (unpaired) electrons. The van der Waals surface area contributed by atoms with Gasteiger partial charge in [0.1, 0.15) is 0 Å². The minimum Gasteiger partial charge on any atom is -0.481 e. The third-order valence-corrected chi connectivity index (χ3v) is 1.37. The predicted octanol–water partition coefficient (Wildman–Crippen LogP) is 1.23. The Hall–Kier alpha value is -1.32. The number of anilines is 1. The molecule has 1 aromatic heterocycles. The highest BCUT2D eigenvalue weighted by molar-refractivity contribution is 5.30. The maximum atomic E-state index is 4.99. The smallest absolute Gasteiger partial charge is 0.226 e. The van der Waals surface area contributed by atoms with E-state index in [4.69, 9.17) is 4.74 Å². The molecule has 0 saturated carbocycles. The molecule has 0 aliphatic carbocycles. The maximum absolute atomic E-state index is 4.99. The summed E-state index contributed by atoms with van der Waals surface area (Å²) in [7, 11) is 1.59. The molecule has 0 bridgehead atoms. The molecule has 0 atom stereocenters. The zero-order valence-electron chi connectivity index (χ0n) is 7.59. The molecule has 1 rings (SSSR count). The van der Waals surface area contributed by atoms with Crippen LogP contribution in [0.25, 0.3) is 0 Å². The van der Waals surface area contributed by atoms with E-state index in [1.54, 1.807) is 13.2 Å². The van der Waals surface area contributed by atoms with Crippen LogP contribution in [0.5, 0.6) is 5.88 Å². The maximum Gasteiger partial charge on any atom is 0.226 e. The predicted molar refractivity (Wildman–Crippen MR) is 47.5 cm³/mol. The van der Waals surface area contributed by atoms with Crippen molar-refractivity contribution in [2.24, 2.45) is 0 Å². The van der Waals surface area contributed by atoms with Crippen molar-refractivity contribution < 1.29 is 4.74 Å². The van der Waals surface area contributed by atoms with Crippen molar-refractivity contribution in [1.29, 1.82) is 0 Å². The number of ether oxygens (including phenoxy) is 1. The summed E-state index contributed by atoms with van der Waals surface area (Å²) in [4.78, 5) is 8.27. The number of nitrogens with zero attached hydrogens (tertiary/aromatic N) is 2. The number of hydrogen-bond donors (Lipinski definition) is 1. The summed E-state index contributed by atoms with van der Waals surface area (Å²) >= 11 is 0. The van der Waals surface area contributed by atoms with Gasteiger partial charge in [-0.2, -0.15) is 4.98 Å². The zero-order valence-corrected chi connectivity index (χ0v) is 7.59. The first kappa shape index (κ1) is 8.77. The first-order valence-corrected chi connectivity index (χ1v) is 3.89. The number of rotatable bonds is 3. The SMILES string of the molecule is CCNc1nc(C)cc(OC)n1. The van der Waals surface area contributed by atoms with Crippen LogP contribution >= 0.6 is 0 Å². The van der Waals surface area contributed by atoms with Gasteiger partial charge in [-0.25, -0.2) is 4.98 Å². The first-order chi connectivity index (χ1) is 5.76. The fourth-order valence-electron chi connectivity index (χ4n) is 0.881. The molecular weight excluding hydrogens is 154 g/mol. The monoisotopic (exact) mass is 167 g/mol. The summed E-state index contributed by atoms with van der Waals surface area (Å²) in [5.41, 5.74) is 0.901. The Kier molecular flexibility index (Phi) is 2.85. The van der Waals surface area contributed by atoms with Crippen LogP contribution in [0.1, 0.15) is 12.6 Å². The van der Waals surface area contributed by atoms with E-state index in [1.807, 2.05) is 13.8 Å². The Morgan fingerprint density at radius 3 is 2.83 bits per heavy atom. The third-order valence-electron chi connectivity index (χ3n) is 1.37. The van der Waals surface area contributed by atoms with E-state index in [0.717, 1.165) is 12.2 Å². The molecule has 0 aromatic carbocycles. The number of hydrogen-bond acceptors (Lipinski definition) is 4. The van der Waals surface area contributed by atoms with Crippen LogP contribution in [0.15, 0.2) is 6.07 Å². The molecule has 4 heteroatoms. The molecule has 0 unspecified atom stereocenters. The zero-order chi connectivity index (χ0) is 8.97. The summed E-state index contributed by atoms with van der Waals surface area (Å²) in [6, 6.07) is 1.79. The van der Waals surface area contributed by atoms with Crippen molar-refractivity contribution in [2.45, 2.75) is 13.8 Å². The van der Waals surface area contributed by atoms with Crippen molar-refractivity contribution in [2.75, 3.05) is 19.0 Å². The minimum atomic E-state index is 0.596. The van der Waals surface area contributed by atoms with Gasteiger partial charge < -0.3 is 10.1 Å². The van der Waals surface area contributed by atoms with E-state index in [0.29, 0.717) is 11.8 Å². The first-order valence-electron chi connectivity index (χ1n) is 3.89. The lowest BCUT2D eigenvalue weighted by Gasteiger charge is -2.04. The van der Waals surface area contributed by atoms with E-state index in [1.165, 1.54) is 0 Å². The summed E-state index contributed by atoms with van der Waals surface area (Å²) in [6.07, 6.45) is 0. The van der Waals surface area contributed by atoms with Gasteiger partial charge in [-0.15, -0.1) is 0 Å². The van der Waals surface area contributed by atoms with Crippen molar-refractivity contribution in [3.63, 3.8) is 0 Å². The van der Waals surface area contributed by atoms with E-state index in [-0.39, 0.29) is 0 Å². The lowest BCUT2D eigenvalue weighted by molar-refractivity contribution is 0.397. The molecule has 66 valence electrons. The minimum absolute atomic E-state index is 0.596. The van der Waals surface area contributed by atoms with Gasteiger partial charge in [0.05, 0.1) is 7.11 Å². The molecule has 1 heterocycles. The van der Waals surface area contributed by atoms with E-state index >= 15 is 0 Å². The van der Waals surface area contributed by atoms with Crippen LogP contribution in [-0.2, 0) is 0 Å². The standard InChI is InChI=1S/C8H13N3O/c1-4-9-8-10-6(2)5-7(11-8)12-3/h5H,4H2,1-3H3,(H,9,10,11). The van der Waals surface area contributed by atoms with Crippen molar-refractivity contribution in [3.8, 4) is 5.88 Å². The second kappa shape index (κ2) is 3.90. The van der Waals surface area contributed by atoms with Crippen LogP contribution < -0.4 is 10.1 Å². The van der Waals surface area contributed by atoms with Crippen LogP contribution in [0, 0.1) is 6.92 Å². The second-order valence-electron chi connectivity index (χ2n) is 2.41. The van der Waals surface area contributed by atoms with E-state index in [2.05, 4.69) is 15.3 Å². The van der Waals surface area contributed by atoms with Crippen LogP contribution in [0.3, 0.4) is 0 Å². The highest BCUT2D eigenvalue weighted by atomic mass is 16.5. The molecule has 0 saturated heterocycles. The highest BCUT2D eigenvalue weighted by Crippen LogP contribution is 2.10. The topological polar surface area (TPSA) is 47.0 Å². The van der Waals surface area contributed by atoms with E-state index < -0.39 is 0 Å². The lowest BCUT2D eigenvalue weighted by atomic mass is 10.4. The Morgan fingerprint density at radius 1 is 1.50 bits per heavy atom. The molecule has 0 aliphatic heterocycles. The largest absolute Gasteiger partial charge is 0.481 e. The average Bonchev–Trinajstić information content (AvgIpc) is 2.04. The molecule has 12 heavy (non-hydrogen) atoms. The molecule has 0 amide bonds. The van der Waals surface area contributed by atoms with Crippen LogP contribution in [0.2, 0.25) is 0 Å². The van der Waals surface area contributed by atoms with Gasteiger partial charge >= 0.3 is 0 Å². The molecule has 1 aromatic rings. The Morgan fingerprint density at radius 2 is 2.25 bits per heavy atom. The summed E-state index contributed by atoms with van der Waals surface area (Å²) in [6.45, 7) is 4.72. The van der Waals surface area contributed by atoms with Crippen molar-refractivity contribution in [3.05, 3.63) is 11.8 Å². The summed E-state index contributed by atoms with van der Waals surface area (Å²) in [5, 5.41) is 3.02. The van der Waals surface area contributed by atoms with Crippen molar-refractivity contribution >= 4 is 5.95 Å². The lowest BCUT2D eigenvalue weighted by Crippen LogP contribution is -2.03. The highest BCUT2D eigenvalue weighted by Gasteiger charge is 1.99. The summed E-state index contributed by atoms with van der Waals surface area (Å²) in [5.74, 6) is 1.22.